The number of sulfone groups is 1. The second-order valence-corrected chi connectivity index (χ2v) is 6.61. The maximum atomic E-state index is 12.1. The fraction of sp³-hybridized carbons (Fsp3) is 0.500. The molecule has 1 aliphatic heterocycles. The van der Waals surface area contributed by atoms with E-state index in [4.69, 9.17) is 15.2 Å². The van der Waals surface area contributed by atoms with Gasteiger partial charge in [0.05, 0.1) is 18.4 Å². The zero-order chi connectivity index (χ0) is 13.2. The van der Waals surface area contributed by atoms with Crippen molar-refractivity contribution in [3.8, 4) is 5.75 Å². The molecule has 2 N–H and O–H groups in total. The largest absolute Gasteiger partial charge is 0.492 e. The number of methoxy groups -OCH3 is 1. The molecule has 0 saturated carbocycles. The molecule has 2 unspecified atom stereocenters. The second-order valence-electron chi connectivity index (χ2n) is 4.27. The molecule has 0 saturated heterocycles. The molecule has 0 amide bonds. The minimum atomic E-state index is -3.31. The number of benzene rings is 1. The molecule has 0 bridgehead atoms. The highest BCUT2D eigenvalue weighted by Crippen LogP contribution is 2.33. The van der Waals surface area contributed by atoms with E-state index >= 15 is 0 Å². The van der Waals surface area contributed by atoms with Crippen LogP contribution >= 0.6 is 0 Å². The highest BCUT2D eigenvalue weighted by Gasteiger charge is 2.37. The zero-order valence-electron chi connectivity index (χ0n) is 10.2. The summed E-state index contributed by atoms with van der Waals surface area (Å²) in [4.78, 5) is 0. The van der Waals surface area contributed by atoms with Gasteiger partial charge in [0.25, 0.3) is 0 Å². The molecule has 2 rings (SSSR count). The van der Waals surface area contributed by atoms with Crippen LogP contribution < -0.4 is 10.5 Å². The van der Waals surface area contributed by atoms with Crippen molar-refractivity contribution < 1.29 is 17.9 Å². The SMILES string of the molecule is COCCS(=O)(=O)C1COc2ccccc2C1N. The van der Waals surface area contributed by atoms with E-state index < -0.39 is 21.1 Å². The molecule has 1 aromatic carbocycles. The fourth-order valence-corrected chi connectivity index (χ4v) is 3.61. The minimum Gasteiger partial charge on any atom is -0.492 e. The standard InChI is InChI=1S/C12H17NO4S/c1-16-6-7-18(14,15)11-8-17-10-5-3-2-4-9(10)12(11)13/h2-5,11-12H,6-8,13H2,1H3. The number of hydrogen-bond donors (Lipinski definition) is 1. The average Bonchev–Trinajstić information content (AvgIpc) is 2.37. The molecule has 1 heterocycles. The van der Waals surface area contributed by atoms with E-state index in [0.29, 0.717) is 5.75 Å². The van der Waals surface area contributed by atoms with Gasteiger partial charge in [-0.05, 0) is 6.07 Å². The molecule has 18 heavy (non-hydrogen) atoms. The van der Waals surface area contributed by atoms with Crippen molar-refractivity contribution in [3.63, 3.8) is 0 Å². The van der Waals surface area contributed by atoms with Gasteiger partial charge in [0.15, 0.2) is 9.84 Å². The molecule has 5 nitrogen and oxygen atoms in total. The average molecular weight is 271 g/mol. The molecule has 0 aromatic heterocycles. The maximum absolute atomic E-state index is 12.1. The van der Waals surface area contributed by atoms with Gasteiger partial charge < -0.3 is 15.2 Å². The van der Waals surface area contributed by atoms with Crippen molar-refractivity contribution in [3.05, 3.63) is 29.8 Å². The van der Waals surface area contributed by atoms with Crippen LogP contribution in [0, 0.1) is 0 Å². The lowest BCUT2D eigenvalue weighted by Gasteiger charge is -2.30. The molecule has 1 aromatic rings. The zero-order valence-corrected chi connectivity index (χ0v) is 11.0. The summed E-state index contributed by atoms with van der Waals surface area (Å²) < 4.78 is 34.5. The molecule has 100 valence electrons. The molecule has 2 atom stereocenters. The third-order valence-corrected chi connectivity index (χ3v) is 5.20. The molecular weight excluding hydrogens is 254 g/mol. The molecular formula is C12H17NO4S. The normalized spacial score (nSPS) is 23.2. The maximum Gasteiger partial charge on any atom is 0.160 e. The van der Waals surface area contributed by atoms with Gasteiger partial charge in [0.2, 0.25) is 0 Å². The van der Waals surface area contributed by atoms with Crippen molar-refractivity contribution in [1.82, 2.24) is 0 Å². The number of ether oxygens (including phenoxy) is 2. The van der Waals surface area contributed by atoms with Gasteiger partial charge in [-0.2, -0.15) is 0 Å². The number of rotatable bonds is 4. The van der Waals surface area contributed by atoms with Gasteiger partial charge in [-0.25, -0.2) is 8.42 Å². The fourth-order valence-electron chi connectivity index (χ4n) is 2.04. The first kappa shape index (κ1) is 13.3. The Morgan fingerprint density at radius 1 is 1.44 bits per heavy atom. The Bertz CT molecular complexity index is 515. The smallest absolute Gasteiger partial charge is 0.160 e. The lowest BCUT2D eigenvalue weighted by Crippen LogP contribution is -2.43. The highest BCUT2D eigenvalue weighted by atomic mass is 32.2. The molecule has 0 radical (unpaired) electrons. The Kier molecular flexibility index (Phi) is 3.89. The summed E-state index contributed by atoms with van der Waals surface area (Å²) in [5, 5.41) is -0.706. The number of nitrogens with two attached hydrogens (primary N) is 1. The van der Waals surface area contributed by atoms with Gasteiger partial charge in [0, 0.05) is 12.7 Å². The third kappa shape index (κ3) is 2.50. The van der Waals surface area contributed by atoms with Gasteiger partial charge in [-0.3, -0.25) is 0 Å². The van der Waals surface area contributed by atoms with E-state index in [9.17, 15) is 8.42 Å². The lowest BCUT2D eigenvalue weighted by atomic mass is 10.0. The van der Waals surface area contributed by atoms with Gasteiger partial charge in [0.1, 0.15) is 17.6 Å². The van der Waals surface area contributed by atoms with Crippen molar-refractivity contribution in [2.75, 3.05) is 26.1 Å². The predicted octanol–water partition coefficient (Wildman–Crippen LogP) is 0.509. The van der Waals surface area contributed by atoms with Crippen LogP contribution in [0.2, 0.25) is 0 Å². The second kappa shape index (κ2) is 5.26. The van der Waals surface area contributed by atoms with Crippen LogP contribution in [0.5, 0.6) is 5.75 Å². The van der Waals surface area contributed by atoms with E-state index in [2.05, 4.69) is 0 Å². The highest BCUT2D eigenvalue weighted by molar-refractivity contribution is 7.92. The van der Waals surface area contributed by atoms with Crippen molar-refractivity contribution >= 4 is 9.84 Å². The Balaban J connectivity index is 2.24. The van der Waals surface area contributed by atoms with E-state index in [1.165, 1.54) is 7.11 Å². The predicted molar refractivity (Wildman–Crippen MR) is 68.3 cm³/mol. The Morgan fingerprint density at radius 2 is 2.17 bits per heavy atom. The summed E-state index contributed by atoms with van der Waals surface area (Å²) in [6, 6.07) is 6.72. The van der Waals surface area contributed by atoms with E-state index in [0.717, 1.165) is 5.56 Å². The Hall–Kier alpha value is -1.11. The van der Waals surface area contributed by atoms with Crippen molar-refractivity contribution in [2.45, 2.75) is 11.3 Å². The molecule has 0 aliphatic carbocycles. The van der Waals surface area contributed by atoms with Crippen molar-refractivity contribution in [2.24, 2.45) is 5.73 Å². The molecule has 6 heteroatoms. The minimum absolute atomic E-state index is 0.0343. The van der Waals surface area contributed by atoms with Gasteiger partial charge in [-0.1, -0.05) is 18.2 Å². The van der Waals surface area contributed by atoms with Crippen LogP contribution in [0.1, 0.15) is 11.6 Å². The monoisotopic (exact) mass is 271 g/mol. The topological polar surface area (TPSA) is 78.6 Å². The van der Waals surface area contributed by atoms with E-state index in [-0.39, 0.29) is 19.0 Å². The Morgan fingerprint density at radius 3 is 2.89 bits per heavy atom. The number of hydrogen-bond acceptors (Lipinski definition) is 5. The van der Waals surface area contributed by atoms with Crippen LogP contribution in [0.25, 0.3) is 0 Å². The quantitative estimate of drug-likeness (QED) is 0.863. The van der Waals surface area contributed by atoms with Crippen LogP contribution in [-0.2, 0) is 14.6 Å². The molecule has 0 fully saturated rings. The summed E-state index contributed by atoms with van der Waals surface area (Å²) in [5.74, 6) is 0.635. The summed E-state index contributed by atoms with van der Waals surface area (Å²) in [7, 11) is -1.84. The van der Waals surface area contributed by atoms with Crippen LogP contribution in [0.4, 0.5) is 0 Å². The summed E-state index contributed by atoms with van der Waals surface area (Å²) in [5.41, 5.74) is 6.79. The summed E-state index contributed by atoms with van der Waals surface area (Å²) in [6.45, 7) is 0.275. The van der Waals surface area contributed by atoms with Gasteiger partial charge in [-0.15, -0.1) is 0 Å². The van der Waals surface area contributed by atoms with Crippen LogP contribution in [0.3, 0.4) is 0 Å². The summed E-state index contributed by atoms with van der Waals surface area (Å²) >= 11 is 0. The first-order chi connectivity index (χ1) is 8.56. The van der Waals surface area contributed by atoms with Crippen LogP contribution in [-0.4, -0.2) is 39.7 Å². The van der Waals surface area contributed by atoms with E-state index in [1.54, 1.807) is 12.1 Å². The van der Waals surface area contributed by atoms with Crippen molar-refractivity contribution in [1.29, 1.82) is 0 Å². The lowest BCUT2D eigenvalue weighted by molar-refractivity contribution is 0.215. The molecule has 0 spiro atoms. The first-order valence-corrected chi connectivity index (χ1v) is 7.45. The molecule has 1 aliphatic rings. The van der Waals surface area contributed by atoms with Gasteiger partial charge >= 0.3 is 0 Å². The third-order valence-electron chi connectivity index (χ3n) is 3.12. The number of para-hydroxylation sites is 1. The summed E-state index contributed by atoms with van der Waals surface area (Å²) in [6.07, 6.45) is 0. The van der Waals surface area contributed by atoms with Crippen LogP contribution in [0.15, 0.2) is 24.3 Å². The Labute approximate surface area is 107 Å². The van der Waals surface area contributed by atoms with E-state index in [1.807, 2.05) is 12.1 Å². The first-order valence-electron chi connectivity index (χ1n) is 5.74. The number of fused-ring (bicyclic) bond motifs is 1.